The lowest BCUT2D eigenvalue weighted by Crippen LogP contribution is -2.20. The molecule has 0 saturated heterocycles. The van der Waals surface area contributed by atoms with Crippen molar-refractivity contribution in [2.75, 3.05) is 0 Å². The van der Waals surface area contributed by atoms with Gasteiger partial charge in [-0.05, 0) is 12.1 Å². The van der Waals surface area contributed by atoms with Crippen LogP contribution < -0.4 is 0 Å². The molecular weight excluding hydrogens is 224 g/mol. The Hall–Kier alpha value is -2.03. The SMILES string of the molecule is CC(C)(C)C(=O)c1cccc(-c2ncccn2)c1. The van der Waals surface area contributed by atoms with Crippen LogP contribution in [0, 0.1) is 5.41 Å². The molecule has 0 amide bonds. The number of ketones is 1. The van der Waals surface area contributed by atoms with E-state index in [1.54, 1.807) is 18.5 Å². The molecule has 0 aliphatic heterocycles. The van der Waals surface area contributed by atoms with Gasteiger partial charge in [0.15, 0.2) is 11.6 Å². The van der Waals surface area contributed by atoms with E-state index in [-0.39, 0.29) is 11.2 Å². The van der Waals surface area contributed by atoms with Crippen LogP contribution in [0.2, 0.25) is 0 Å². The third kappa shape index (κ3) is 2.62. The number of nitrogens with zero attached hydrogens (tertiary/aromatic N) is 2. The van der Waals surface area contributed by atoms with E-state index in [0.717, 1.165) is 5.56 Å². The Labute approximate surface area is 107 Å². The Morgan fingerprint density at radius 2 is 1.72 bits per heavy atom. The van der Waals surface area contributed by atoms with Gasteiger partial charge in [0.1, 0.15) is 0 Å². The summed E-state index contributed by atoms with van der Waals surface area (Å²) in [6, 6.07) is 9.23. The van der Waals surface area contributed by atoms with Crippen LogP contribution in [0.15, 0.2) is 42.7 Å². The minimum atomic E-state index is -0.379. The van der Waals surface area contributed by atoms with E-state index >= 15 is 0 Å². The lowest BCUT2D eigenvalue weighted by molar-refractivity contribution is 0.0858. The monoisotopic (exact) mass is 240 g/mol. The topological polar surface area (TPSA) is 42.9 Å². The Morgan fingerprint density at radius 3 is 2.33 bits per heavy atom. The Balaban J connectivity index is 2.41. The van der Waals surface area contributed by atoms with Crippen LogP contribution in [0.3, 0.4) is 0 Å². The zero-order valence-electron chi connectivity index (χ0n) is 10.8. The van der Waals surface area contributed by atoms with E-state index in [1.807, 2.05) is 45.0 Å². The molecule has 0 fully saturated rings. The standard InChI is InChI=1S/C15H16N2O/c1-15(2,3)13(18)11-6-4-7-12(10-11)14-16-8-5-9-17-14/h4-10H,1-3H3. The molecule has 0 bridgehead atoms. The fraction of sp³-hybridized carbons (Fsp3) is 0.267. The number of rotatable bonds is 2. The number of Topliss-reactive ketones (excluding diaryl/α,β-unsaturated/α-hetero) is 1. The molecule has 2 aromatic rings. The van der Waals surface area contributed by atoms with Crippen LogP contribution in [0.1, 0.15) is 31.1 Å². The molecule has 0 saturated carbocycles. The fourth-order valence-electron chi connectivity index (χ4n) is 1.68. The van der Waals surface area contributed by atoms with Crippen LogP contribution in [0.4, 0.5) is 0 Å². The molecular formula is C15H16N2O. The van der Waals surface area contributed by atoms with Gasteiger partial charge < -0.3 is 0 Å². The summed E-state index contributed by atoms with van der Waals surface area (Å²) in [5, 5.41) is 0. The van der Waals surface area contributed by atoms with E-state index in [4.69, 9.17) is 0 Å². The summed E-state index contributed by atoms with van der Waals surface area (Å²) >= 11 is 0. The summed E-state index contributed by atoms with van der Waals surface area (Å²) in [7, 11) is 0. The van der Waals surface area contributed by atoms with Crippen molar-refractivity contribution < 1.29 is 4.79 Å². The molecule has 3 nitrogen and oxygen atoms in total. The minimum Gasteiger partial charge on any atom is -0.294 e. The maximum absolute atomic E-state index is 12.2. The van der Waals surface area contributed by atoms with Crippen LogP contribution in [0.5, 0.6) is 0 Å². The first-order valence-corrected chi connectivity index (χ1v) is 5.91. The second-order valence-corrected chi connectivity index (χ2v) is 5.23. The average molecular weight is 240 g/mol. The van der Waals surface area contributed by atoms with E-state index < -0.39 is 0 Å². The molecule has 0 N–H and O–H groups in total. The van der Waals surface area contributed by atoms with Crippen molar-refractivity contribution >= 4 is 5.78 Å². The molecule has 2 rings (SSSR count). The van der Waals surface area contributed by atoms with Gasteiger partial charge in [-0.25, -0.2) is 9.97 Å². The van der Waals surface area contributed by atoms with E-state index in [2.05, 4.69) is 9.97 Å². The number of carbonyl (C=O) groups excluding carboxylic acids is 1. The van der Waals surface area contributed by atoms with Gasteiger partial charge in [0, 0.05) is 28.9 Å². The first kappa shape index (κ1) is 12.4. The number of aromatic nitrogens is 2. The molecule has 0 spiro atoms. The number of hydrogen-bond donors (Lipinski definition) is 0. The first-order valence-electron chi connectivity index (χ1n) is 5.91. The summed E-state index contributed by atoms with van der Waals surface area (Å²) in [5.41, 5.74) is 1.19. The maximum Gasteiger partial charge on any atom is 0.168 e. The molecule has 3 heteroatoms. The van der Waals surface area contributed by atoms with Crippen LogP contribution >= 0.6 is 0 Å². The van der Waals surface area contributed by atoms with Crippen molar-refractivity contribution in [3.8, 4) is 11.4 Å². The second kappa shape index (κ2) is 4.69. The zero-order valence-corrected chi connectivity index (χ0v) is 10.8. The van der Waals surface area contributed by atoms with Crippen LogP contribution in [-0.2, 0) is 0 Å². The van der Waals surface area contributed by atoms with Gasteiger partial charge in [0.2, 0.25) is 0 Å². The normalized spacial score (nSPS) is 11.3. The van der Waals surface area contributed by atoms with Crippen molar-refractivity contribution in [3.63, 3.8) is 0 Å². The van der Waals surface area contributed by atoms with Crippen molar-refractivity contribution in [2.45, 2.75) is 20.8 Å². The van der Waals surface area contributed by atoms with Gasteiger partial charge >= 0.3 is 0 Å². The highest BCUT2D eigenvalue weighted by atomic mass is 16.1. The van der Waals surface area contributed by atoms with Crippen molar-refractivity contribution in [1.82, 2.24) is 9.97 Å². The number of hydrogen-bond acceptors (Lipinski definition) is 3. The zero-order chi connectivity index (χ0) is 13.2. The molecule has 18 heavy (non-hydrogen) atoms. The third-order valence-corrected chi connectivity index (χ3v) is 2.63. The quantitative estimate of drug-likeness (QED) is 0.756. The second-order valence-electron chi connectivity index (χ2n) is 5.23. The summed E-state index contributed by atoms with van der Waals surface area (Å²) < 4.78 is 0. The smallest absolute Gasteiger partial charge is 0.168 e. The molecule has 1 aromatic heterocycles. The van der Waals surface area contributed by atoms with Crippen LogP contribution in [-0.4, -0.2) is 15.8 Å². The number of benzene rings is 1. The maximum atomic E-state index is 12.2. The molecule has 0 unspecified atom stereocenters. The van der Waals surface area contributed by atoms with E-state index in [9.17, 15) is 4.79 Å². The molecule has 1 aromatic carbocycles. The molecule has 1 heterocycles. The van der Waals surface area contributed by atoms with E-state index in [1.165, 1.54) is 0 Å². The summed E-state index contributed by atoms with van der Waals surface area (Å²) in [6.07, 6.45) is 3.39. The third-order valence-electron chi connectivity index (χ3n) is 2.63. The van der Waals surface area contributed by atoms with Gasteiger partial charge in [-0.15, -0.1) is 0 Å². The highest BCUT2D eigenvalue weighted by molar-refractivity contribution is 6.00. The summed E-state index contributed by atoms with van der Waals surface area (Å²) in [4.78, 5) is 20.6. The lowest BCUT2D eigenvalue weighted by atomic mass is 9.86. The van der Waals surface area contributed by atoms with Gasteiger partial charge in [0.05, 0.1) is 0 Å². The number of carbonyl (C=O) groups is 1. The van der Waals surface area contributed by atoms with Gasteiger partial charge in [-0.3, -0.25) is 4.79 Å². The Kier molecular flexibility index (Phi) is 3.24. The predicted molar refractivity (Wildman–Crippen MR) is 71.3 cm³/mol. The Morgan fingerprint density at radius 1 is 1.06 bits per heavy atom. The Bertz CT molecular complexity index is 556. The predicted octanol–water partition coefficient (Wildman–Crippen LogP) is 3.37. The molecule has 0 atom stereocenters. The summed E-state index contributed by atoms with van der Waals surface area (Å²) in [6.45, 7) is 5.75. The van der Waals surface area contributed by atoms with Gasteiger partial charge in [-0.1, -0.05) is 39.0 Å². The molecule has 0 radical (unpaired) electrons. The summed E-state index contributed by atoms with van der Waals surface area (Å²) in [5.74, 6) is 0.765. The highest BCUT2D eigenvalue weighted by Crippen LogP contribution is 2.23. The van der Waals surface area contributed by atoms with Crippen LogP contribution in [0.25, 0.3) is 11.4 Å². The first-order chi connectivity index (χ1) is 8.48. The average Bonchev–Trinajstić information content (AvgIpc) is 2.38. The van der Waals surface area contributed by atoms with Gasteiger partial charge in [-0.2, -0.15) is 0 Å². The molecule has 0 aliphatic rings. The van der Waals surface area contributed by atoms with Crippen molar-refractivity contribution in [3.05, 3.63) is 48.3 Å². The molecule has 92 valence electrons. The lowest BCUT2D eigenvalue weighted by Gasteiger charge is -2.16. The van der Waals surface area contributed by atoms with E-state index in [0.29, 0.717) is 11.4 Å². The minimum absolute atomic E-state index is 0.125. The fourth-order valence-corrected chi connectivity index (χ4v) is 1.68. The molecule has 0 aliphatic carbocycles. The van der Waals surface area contributed by atoms with Crippen molar-refractivity contribution in [2.24, 2.45) is 5.41 Å². The van der Waals surface area contributed by atoms with Gasteiger partial charge in [0.25, 0.3) is 0 Å². The highest BCUT2D eigenvalue weighted by Gasteiger charge is 2.23. The van der Waals surface area contributed by atoms with Crippen molar-refractivity contribution in [1.29, 1.82) is 0 Å². The largest absolute Gasteiger partial charge is 0.294 e.